The molecule has 1 heterocycles. The van der Waals surface area contributed by atoms with Crippen LogP contribution < -0.4 is 0 Å². The standard InChI is InChI=1S/C13H19NO4/c1-13(2,3)18-12(17)14-8-4-5-10(9-14)6-7-11(15)16/h6-7,9H,4-5,8H2,1-3H3,(H,15,16). The predicted octanol–water partition coefficient (Wildman–Crippen LogP) is 2.54. The number of carboxylic acid groups (broad SMARTS) is 1. The molecule has 0 atom stereocenters. The average Bonchev–Trinajstić information content (AvgIpc) is 2.24. The van der Waals surface area contributed by atoms with Gasteiger partial charge >= 0.3 is 12.1 Å². The summed E-state index contributed by atoms with van der Waals surface area (Å²) in [6.07, 6.45) is 5.40. The third-order valence-electron chi connectivity index (χ3n) is 2.25. The maximum atomic E-state index is 11.8. The summed E-state index contributed by atoms with van der Waals surface area (Å²) in [6, 6.07) is 0. The van der Waals surface area contributed by atoms with E-state index in [0.717, 1.165) is 24.5 Å². The number of hydrogen-bond acceptors (Lipinski definition) is 3. The maximum Gasteiger partial charge on any atom is 0.414 e. The lowest BCUT2D eigenvalue weighted by molar-refractivity contribution is -0.131. The van der Waals surface area contributed by atoms with Crippen molar-refractivity contribution < 1.29 is 19.4 Å². The summed E-state index contributed by atoms with van der Waals surface area (Å²) in [7, 11) is 0. The van der Waals surface area contributed by atoms with Crippen molar-refractivity contribution in [3.05, 3.63) is 23.9 Å². The minimum absolute atomic E-state index is 0.400. The Labute approximate surface area is 107 Å². The van der Waals surface area contributed by atoms with E-state index in [0.29, 0.717) is 6.54 Å². The molecule has 0 saturated carbocycles. The Morgan fingerprint density at radius 2 is 2.11 bits per heavy atom. The van der Waals surface area contributed by atoms with Gasteiger partial charge in [0.05, 0.1) is 0 Å². The quantitative estimate of drug-likeness (QED) is 0.768. The van der Waals surface area contributed by atoms with Crippen LogP contribution in [0.4, 0.5) is 4.79 Å². The Hall–Kier alpha value is -1.78. The molecule has 5 heteroatoms. The van der Waals surface area contributed by atoms with E-state index >= 15 is 0 Å². The van der Waals surface area contributed by atoms with Crippen LogP contribution in [0.3, 0.4) is 0 Å². The summed E-state index contributed by atoms with van der Waals surface area (Å²) in [5, 5.41) is 8.55. The van der Waals surface area contributed by atoms with E-state index in [4.69, 9.17) is 9.84 Å². The molecule has 100 valence electrons. The van der Waals surface area contributed by atoms with Gasteiger partial charge in [-0.05, 0) is 39.2 Å². The van der Waals surface area contributed by atoms with Crippen molar-refractivity contribution >= 4 is 12.1 Å². The van der Waals surface area contributed by atoms with Crippen LogP contribution in [-0.2, 0) is 9.53 Å². The molecule has 1 amide bonds. The van der Waals surface area contributed by atoms with E-state index in [9.17, 15) is 9.59 Å². The summed E-state index contributed by atoms with van der Waals surface area (Å²) >= 11 is 0. The first kappa shape index (κ1) is 14.3. The molecule has 0 aromatic carbocycles. The first-order valence-electron chi connectivity index (χ1n) is 5.89. The highest BCUT2D eigenvalue weighted by atomic mass is 16.6. The molecular weight excluding hydrogens is 234 g/mol. The Morgan fingerprint density at radius 1 is 1.44 bits per heavy atom. The highest BCUT2D eigenvalue weighted by Crippen LogP contribution is 2.18. The number of carbonyl (C=O) groups is 2. The topological polar surface area (TPSA) is 66.8 Å². The van der Waals surface area contributed by atoms with Crippen molar-refractivity contribution in [3.8, 4) is 0 Å². The van der Waals surface area contributed by atoms with Crippen molar-refractivity contribution in [1.29, 1.82) is 0 Å². The van der Waals surface area contributed by atoms with Gasteiger partial charge in [0.1, 0.15) is 5.60 Å². The van der Waals surface area contributed by atoms with Crippen molar-refractivity contribution in [2.45, 2.75) is 39.2 Å². The van der Waals surface area contributed by atoms with Gasteiger partial charge in [-0.3, -0.25) is 4.90 Å². The van der Waals surface area contributed by atoms with E-state index in [1.807, 2.05) is 20.8 Å². The maximum absolute atomic E-state index is 11.8. The first-order valence-corrected chi connectivity index (χ1v) is 5.89. The van der Waals surface area contributed by atoms with Gasteiger partial charge in [-0.2, -0.15) is 0 Å². The van der Waals surface area contributed by atoms with Gasteiger partial charge in [0.15, 0.2) is 0 Å². The Balaban J connectivity index is 2.70. The van der Waals surface area contributed by atoms with Crippen molar-refractivity contribution in [3.63, 3.8) is 0 Å². The summed E-state index contributed by atoms with van der Waals surface area (Å²) < 4.78 is 5.25. The number of aliphatic carboxylic acids is 1. The van der Waals surface area contributed by atoms with Gasteiger partial charge < -0.3 is 9.84 Å². The highest BCUT2D eigenvalue weighted by molar-refractivity contribution is 5.80. The molecular formula is C13H19NO4. The summed E-state index contributed by atoms with van der Waals surface area (Å²) in [5.41, 5.74) is 0.286. The first-order chi connectivity index (χ1) is 8.28. The molecule has 1 aliphatic rings. The molecule has 0 fully saturated rings. The Kier molecular flexibility index (Phi) is 4.53. The number of hydrogen-bond donors (Lipinski definition) is 1. The van der Waals surface area contributed by atoms with Crippen LogP contribution in [0.15, 0.2) is 23.9 Å². The molecule has 1 aliphatic heterocycles. The van der Waals surface area contributed by atoms with Crippen LogP contribution in [0, 0.1) is 0 Å². The van der Waals surface area contributed by atoms with Crippen LogP contribution in [0.5, 0.6) is 0 Å². The number of nitrogens with zero attached hydrogens (tertiary/aromatic N) is 1. The molecule has 1 rings (SSSR count). The number of amides is 1. The Morgan fingerprint density at radius 3 is 2.67 bits per heavy atom. The van der Waals surface area contributed by atoms with Gasteiger partial charge in [-0.1, -0.05) is 6.08 Å². The average molecular weight is 253 g/mol. The minimum atomic E-state index is -0.995. The van der Waals surface area contributed by atoms with E-state index < -0.39 is 17.7 Å². The normalized spacial score (nSPS) is 16.6. The Bertz CT molecular complexity index is 390. The number of rotatable bonds is 2. The number of ether oxygens (including phenoxy) is 1. The fourth-order valence-electron chi connectivity index (χ4n) is 1.55. The number of carbonyl (C=O) groups excluding carboxylic acids is 1. The SMILES string of the molecule is CC(C)(C)OC(=O)N1C=C(C=CC(=O)O)CCC1. The third kappa shape index (κ3) is 5.03. The van der Waals surface area contributed by atoms with Crippen LogP contribution in [0.1, 0.15) is 33.6 Å². The van der Waals surface area contributed by atoms with Gasteiger partial charge in [0, 0.05) is 18.8 Å². The molecule has 0 aromatic heterocycles. The summed E-state index contributed by atoms with van der Waals surface area (Å²) in [6.45, 7) is 6.02. The van der Waals surface area contributed by atoms with Gasteiger partial charge in [-0.25, -0.2) is 9.59 Å². The molecule has 0 aromatic rings. The fourth-order valence-corrected chi connectivity index (χ4v) is 1.55. The molecule has 1 N–H and O–H groups in total. The minimum Gasteiger partial charge on any atom is -0.478 e. The van der Waals surface area contributed by atoms with Crippen LogP contribution in [0.25, 0.3) is 0 Å². The molecule has 0 radical (unpaired) electrons. The van der Waals surface area contributed by atoms with Crippen molar-refractivity contribution in [2.24, 2.45) is 0 Å². The van der Waals surface area contributed by atoms with Gasteiger partial charge in [0.2, 0.25) is 0 Å². The van der Waals surface area contributed by atoms with Gasteiger partial charge in [-0.15, -0.1) is 0 Å². The third-order valence-corrected chi connectivity index (χ3v) is 2.25. The second kappa shape index (κ2) is 5.71. The number of carboxylic acids is 1. The summed E-state index contributed by atoms with van der Waals surface area (Å²) in [5.74, 6) is -0.995. The monoisotopic (exact) mass is 253 g/mol. The molecule has 18 heavy (non-hydrogen) atoms. The zero-order valence-corrected chi connectivity index (χ0v) is 11.0. The van der Waals surface area contributed by atoms with Crippen LogP contribution >= 0.6 is 0 Å². The fraction of sp³-hybridized carbons (Fsp3) is 0.538. The molecule has 0 spiro atoms. The van der Waals surface area contributed by atoms with Crippen LogP contribution in [0.2, 0.25) is 0 Å². The molecule has 0 aliphatic carbocycles. The van der Waals surface area contributed by atoms with Crippen molar-refractivity contribution in [2.75, 3.05) is 6.54 Å². The van der Waals surface area contributed by atoms with Gasteiger partial charge in [0.25, 0.3) is 0 Å². The van der Waals surface area contributed by atoms with E-state index in [2.05, 4.69) is 0 Å². The van der Waals surface area contributed by atoms with E-state index in [1.165, 1.54) is 11.0 Å². The van der Waals surface area contributed by atoms with E-state index in [1.54, 1.807) is 6.20 Å². The predicted molar refractivity (Wildman–Crippen MR) is 67.0 cm³/mol. The zero-order valence-electron chi connectivity index (χ0n) is 11.0. The number of allylic oxidation sites excluding steroid dienone is 2. The lowest BCUT2D eigenvalue weighted by Crippen LogP contribution is -2.35. The highest BCUT2D eigenvalue weighted by Gasteiger charge is 2.22. The van der Waals surface area contributed by atoms with Crippen molar-refractivity contribution in [1.82, 2.24) is 4.90 Å². The second-order valence-electron chi connectivity index (χ2n) is 5.15. The lowest BCUT2D eigenvalue weighted by Gasteiger charge is -2.27. The molecule has 0 unspecified atom stereocenters. The summed E-state index contributed by atoms with van der Waals surface area (Å²) in [4.78, 5) is 23.7. The zero-order chi connectivity index (χ0) is 13.8. The molecule has 0 saturated heterocycles. The lowest BCUT2D eigenvalue weighted by atomic mass is 10.1. The molecule has 5 nitrogen and oxygen atoms in total. The van der Waals surface area contributed by atoms with Crippen LogP contribution in [-0.4, -0.2) is 34.2 Å². The molecule has 0 bridgehead atoms. The smallest absolute Gasteiger partial charge is 0.414 e. The second-order valence-corrected chi connectivity index (χ2v) is 5.15. The largest absolute Gasteiger partial charge is 0.478 e. The van der Waals surface area contributed by atoms with E-state index in [-0.39, 0.29) is 0 Å².